The van der Waals surface area contributed by atoms with Crippen molar-refractivity contribution in [3.8, 4) is 0 Å². The number of carbonyl (C=O) groups is 2. The van der Waals surface area contributed by atoms with Crippen LogP contribution in [0.25, 0.3) is 0 Å². The monoisotopic (exact) mass is 400 g/mol. The summed E-state index contributed by atoms with van der Waals surface area (Å²) in [6, 6.07) is 13.9. The van der Waals surface area contributed by atoms with Crippen molar-refractivity contribution in [1.82, 2.24) is 4.98 Å². The van der Waals surface area contributed by atoms with Gasteiger partial charge in [0.15, 0.2) is 5.13 Å². The van der Waals surface area contributed by atoms with Crippen LogP contribution in [0.15, 0.2) is 48.5 Å². The number of hydrogen-bond acceptors (Lipinski definition) is 4. The van der Waals surface area contributed by atoms with E-state index in [9.17, 15) is 9.59 Å². The van der Waals surface area contributed by atoms with Gasteiger partial charge in [-0.05, 0) is 55.8 Å². The number of hydrogen-bond donors (Lipinski definition) is 3. The SMILES string of the molecule is Cc1cccc(NC(=O)Nc2nc(C)c(C(=O)Nc3ccc(Cl)cc3)s2)c1. The van der Waals surface area contributed by atoms with Crippen molar-refractivity contribution in [3.63, 3.8) is 0 Å². The minimum absolute atomic E-state index is 0.292. The van der Waals surface area contributed by atoms with Gasteiger partial charge >= 0.3 is 6.03 Å². The van der Waals surface area contributed by atoms with Crippen molar-refractivity contribution in [2.45, 2.75) is 13.8 Å². The summed E-state index contributed by atoms with van der Waals surface area (Å²) in [5.41, 5.74) is 2.89. The van der Waals surface area contributed by atoms with E-state index in [1.165, 1.54) is 0 Å². The molecule has 8 heteroatoms. The fraction of sp³-hybridized carbons (Fsp3) is 0.105. The third kappa shape index (κ3) is 5.06. The summed E-state index contributed by atoms with van der Waals surface area (Å²) >= 11 is 6.95. The molecule has 0 unspecified atom stereocenters. The van der Waals surface area contributed by atoms with Crippen LogP contribution in [0.3, 0.4) is 0 Å². The number of thiazole rings is 1. The number of nitrogens with one attached hydrogen (secondary N) is 3. The summed E-state index contributed by atoms with van der Waals surface area (Å²) in [7, 11) is 0. The van der Waals surface area contributed by atoms with Crippen molar-refractivity contribution < 1.29 is 9.59 Å². The Hall–Kier alpha value is -2.90. The van der Waals surface area contributed by atoms with Gasteiger partial charge < -0.3 is 10.6 Å². The lowest BCUT2D eigenvalue weighted by molar-refractivity contribution is 0.103. The number of carbonyl (C=O) groups excluding carboxylic acids is 2. The lowest BCUT2D eigenvalue weighted by Crippen LogP contribution is -2.19. The maximum atomic E-state index is 12.4. The molecule has 0 saturated heterocycles. The van der Waals surface area contributed by atoms with Gasteiger partial charge in [-0.3, -0.25) is 10.1 Å². The van der Waals surface area contributed by atoms with Crippen LogP contribution in [0.2, 0.25) is 5.02 Å². The zero-order chi connectivity index (χ0) is 19.4. The fourth-order valence-corrected chi connectivity index (χ4v) is 3.35. The predicted octanol–water partition coefficient (Wildman–Crippen LogP) is 5.31. The number of aromatic nitrogens is 1. The van der Waals surface area contributed by atoms with Crippen molar-refractivity contribution in [2.75, 3.05) is 16.0 Å². The van der Waals surface area contributed by atoms with Gasteiger partial charge in [-0.25, -0.2) is 9.78 Å². The van der Waals surface area contributed by atoms with E-state index in [1.54, 1.807) is 37.3 Å². The van der Waals surface area contributed by atoms with E-state index < -0.39 is 6.03 Å². The smallest absolute Gasteiger partial charge is 0.321 e. The minimum Gasteiger partial charge on any atom is -0.321 e. The molecule has 0 aliphatic carbocycles. The molecular formula is C19H17ClN4O2S. The average molecular weight is 401 g/mol. The van der Waals surface area contributed by atoms with Crippen molar-refractivity contribution in [3.05, 3.63) is 69.7 Å². The molecule has 3 N–H and O–H groups in total. The number of amides is 3. The van der Waals surface area contributed by atoms with Gasteiger partial charge in [0.1, 0.15) is 4.88 Å². The van der Waals surface area contributed by atoms with E-state index in [2.05, 4.69) is 20.9 Å². The Bertz CT molecular complexity index is 986. The Morgan fingerprint density at radius 1 is 0.963 bits per heavy atom. The highest BCUT2D eigenvalue weighted by Crippen LogP contribution is 2.24. The van der Waals surface area contributed by atoms with E-state index in [0.29, 0.717) is 32.1 Å². The molecule has 0 aliphatic rings. The van der Waals surface area contributed by atoms with Gasteiger partial charge in [0, 0.05) is 16.4 Å². The second-order valence-electron chi connectivity index (χ2n) is 5.84. The summed E-state index contributed by atoms with van der Waals surface area (Å²) in [5.74, 6) is -0.292. The first kappa shape index (κ1) is 18.9. The molecule has 0 aliphatic heterocycles. The number of benzene rings is 2. The zero-order valence-corrected chi connectivity index (χ0v) is 16.2. The van der Waals surface area contributed by atoms with Crippen molar-refractivity contribution in [1.29, 1.82) is 0 Å². The zero-order valence-electron chi connectivity index (χ0n) is 14.7. The number of halogens is 1. The van der Waals surface area contributed by atoms with Crippen LogP contribution in [0.5, 0.6) is 0 Å². The number of aryl methyl sites for hydroxylation is 2. The maximum absolute atomic E-state index is 12.4. The largest absolute Gasteiger partial charge is 0.325 e. The van der Waals surface area contributed by atoms with E-state index in [1.807, 2.05) is 25.1 Å². The summed E-state index contributed by atoms with van der Waals surface area (Å²) in [4.78, 5) is 29.3. The molecule has 0 fully saturated rings. The lowest BCUT2D eigenvalue weighted by atomic mass is 10.2. The van der Waals surface area contributed by atoms with Gasteiger partial charge in [-0.1, -0.05) is 35.1 Å². The van der Waals surface area contributed by atoms with E-state index in [-0.39, 0.29) is 5.91 Å². The summed E-state index contributed by atoms with van der Waals surface area (Å²) in [5, 5.41) is 9.12. The molecule has 0 bridgehead atoms. The molecule has 0 spiro atoms. The molecule has 6 nitrogen and oxygen atoms in total. The Labute approximate surface area is 165 Å². The quantitative estimate of drug-likeness (QED) is 0.555. The standard InChI is InChI=1S/C19H17ClN4O2S/c1-11-4-3-5-15(10-11)23-18(26)24-19-21-12(2)16(27-19)17(25)22-14-8-6-13(20)7-9-14/h3-10H,1-2H3,(H,22,25)(H2,21,23,24,26). The Morgan fingerprint density at radius 2 is 1.70 bits per heavy atom. The first-order valence-corrected chi connectivity index (χ1v) is 9.29. The van der Waals surface area contributed by atoms with Gasteiger partial charge in [0.25, 0.3) is 5.91 Å². The van der Waals surface area contributed by atoms with E-state index >= 15 is 0 Å². The molecule has 3 aromatic rings. The third-order valence-electron chi connectivity index (χ3n) is 3.60. The molecule has 1 aromatic heterocycles. The van der Waals surface area contributed by atoms with Crippen LogP contribution >= 0.6 is 22.9 Å². The molecular weight excluding hydrogens is 384 g/mol. The molecule has 138 valence electrons. The number of rotatable bonds is 4. The second-order valence-corrected chi connectivity index (χ2v) is 7.28. The summed E-state index contributed by atoms with van der Waals surface area (Å²) < 4.78 is 0. The normalized spacial score (nSPS) is 10.3. The van der Waals surface area contributed by atoms with Crippen molar-refractivity contribution in [2.24, 2.45) is 0 Å². The van der Waals surface area contributed by atoms with Crippen molar-refractivity contribution >= 4 is 51.4 Å². The Morgan fingerprint density at radius 3 is 2.41 bits per heavy atom. The van der Waals surface area contributed by atoms with Gasteiger partial charge in [-0.15, -0.1) is 0 Å². The minimum atomic E-state index is -0.418. The molecule has 3 rings (SSSR count). The first-order valence-electron chi connectivity index (χ1n) is 8.10. The third-order valence-corrected chi connectivity index (χ3v) is 4.92. The number of anilines is 3. The van der Waals surface area contributed by atoms with Crippen LogP contribution in [0.4, 0.5) is 21.3 Å². The molecule has 3 amide bonds. The van der Waals surface area contributed by atoms with E-state index in [4.69, 9.17) is 11.6 Å². The van der Waals surface area contributed by atoms with Crippen LogP contribution in [0.1, 0.15) is 20.9 Å². The van der Waals surface area contributed by atoms with Gasteiger partial charge in [-0.2, -0.15) is 0 Å². The van der Waals surface area contributed by atoms with Crippen LogP contribution in [-0.4, -0.2) is 16.9 Å². The topological polar surface area (TPSA) is 83.1 Å². The first-order chi connectivity index (χ1) is 12.9. The Balaban J connectivity index is 1.65. The molecule has 0 saturated carbocycles. The Kier molecular flexibility index (Phi) is 5.73. The highest BCUT2D eigenvalue weighted by molar-refractivity contribution is 7.17. The molecule has 0 atom stereocenters. The van der Waals surface area contributed by atoms with Gasteiger partial charge in [0.2, 0.25) is 0 Å². The van der Waals surface area contributed by atoms with Crippen LogP contribution < -0.4 is 16.0 Å². The molecule has 0 radical (unpaired) electrons. The number of nitrogens with zero attached hydrogens (tertiary/aromatic N) is 1. The lowest BCUT2D eigenvalue weighted by Gasteiger charge is -2.05. The highest BCUT2D eigenvalue weighted by Gasteiger charge is 2.17. The predicted molar refractivity (Wildman–Crippen MR) is 110 cm³/mol. The number of urea groups is 1. The summed E-state index contributed by atoms with van der Waals surface area (Å²) in [6.07, 6.45) is 0. The van der Waals surface area contributed by atoms with Gasteiger partial charge in [0.05, 0.1) is 5.69 Å². The molecule has 2 aromatic carbocycles. The highest BCUT2D eigenvalue weighted by atomic mass is 35.5. The van der Waals surface area contributed by atoms with Crippen LogP contribution in [-0.2, 0) is 0 Å². The molecule has 1 heterocycles. The second kappa shape index (κ2) is 8.20. The average Bonchev–Trinajstić information content (AvgIpc) is 2.97. The molecule has 27 heavy (non-hydrogen) atoms. The maximum Gasteiger partial charge on any atom is 0.325 e. The fourth-order valence-electron chi connectivity index (χ4n) is 2.36. The van der Waals surface area contributed by atoms with E-state index in [0.717, 1.165) is 16.9 Å². The summed E-state index contributed by atoms with van der Waals surface area (Å²) in [6.45, 7) is 3.66. The van der Waals surface area contributed by atoms with Crippen LogP contribution in [0, 0.1) is 13.8 Å².